The van der Waals surface area contributed by atoms with Gasteiger partial charge in [-0.2, -0.15) is 0 Å². The van der Waals surface area contributed by atoms with Crippen LogP contribution in [0.5, 0.6) is 0 Å². The van der Waals surface area contributed by atoms with Crippen LogP contribution in [0.2, 0.25) is 0 Å². The van der Waals surface area contributed by atoms with Crippen LogP contribution in [0, 0.1) is 0 Å². The van der Waals surface area contributed by atoms with Crippen LogP contribution < -0.4 is 0 Å². The molecule has 1 heterocycles. The number of cyclic esters (lactones) is 1. The number of alkyl halides is 1. The molecule has 1 aliphatic heterocycles. The van der Waals surface area contributed by atoms with Gasteiger partial charge in [-0.15, -0.1) is 0 Å². The first kappa shape index (κ1) is 8.05. The van der Waals surface area contributed by atoms with Gasteiger partial charge < -0.3 is 4.74 Å². The molecule has 10 heavy (non-hydrogen) atoms. The summed E-state index contributed by atoms with van der Waals surface area (Å²) < 4.78 is 5.12. The van der Waals surface area contributed by atoms with E-state index in [4.69, 9.17) is 4.74 Å². The van der Waals surface area contributed by atoms with E-state index in [9.17, 15) is 4.79 Å². The van der Waals surface area contributed by atoms with Crippen LogP contribution in [0.1, 0.15) is 26.7 Å². The van der Waals surface area contributed by atoms with Crippen LogP contribution in [-0.2, 0) is 9.53 Å². The van der Waals surface area contributed by atoms with Gasteiger partial charge in [0.15, 0.2) is 0 Å². The van der Waals surface area contributed by atoms with Crippen molar-refractivity contribution in [1.29, 1.82) is 0 Å². The molecule has 0 bridgehead atoms. The minimum Gasteiger partial charge on any atom is -0.458 e. The number of hydrogen-bond acceptors (Lipinski definition) is 2. The molecule has 58 valence electrons. The van der Waals surface area contributed by atoms with Crippen molar-refractivity contribution < 1.29 is 9.53 Å². The standard InChI is InChI=1S/C7H11BrO2/c1-3-7(2)4-5(8)6(9)10-7/h5H,3-4H2,1-2H3. The van der Waals surface area contributed by atoms with Crippen LogP contribution >= 0.6 is 15.9 Å². The summed E-state index contributed by atoms with van der Waals surface area (Å²) in [5.41, 5.74) is -0.217. The van der Waals surface area contributed by atoms with Crippen molar-refractivity contribution in [3.63, 3.8) is 0 Å². The van der Waals surface area contributed by atoms with Gasteiger partial charge in [0.1, 0.15) is 10.4 Å². The molecule has 0 aliphatic carbocycles. The fourth-order valence-corrected chi connectivity index (χ4v) is 1.81. The number of rotatable bonds is 1. The Morgan fingerprint density at radius 3 is 2.70 bits per heavy atom. The smallest absolute Gasteiger partial charge is 0.320 e. The molecule has 0 N–H and O–H groups in total. The first-order valence-electron chi connectivity index (χ1n) is 3.44. The zero-order chi connectivity index (χ0) is 7.78. The average molecular weight is 207 g/mol. The summed E-state index contributed by atoms with van der Waals surface area (Å²) in [5, 5.41) is 0. The highest BCUT2D eigenvalue weighted by Gasteiger charge is 2.40. The molecule has 2 atom stereocenters. The molecule has 1 aliphatic rings. The Morgan fingerprint density at radius 1 is 1.90 bits per heavy atom. The summed E-state index contributed by atoms with van der Waals surface area (Å²) in [5.74, 6) is -0.121. The normalized spacial score (nSPS) is 39.9. The van der Waals surface area contributed by atoms with Crippen molar-refractivity contribution in [1.82, 2.24) is 0 Å². The Labute approximate surface area is 69.1 Å². The lowest BCUT2D eigenvalue weighted by atomic mass is 10.0. The number of hydrogen-bond donors (Lipinski definition) is 0. The maximum atomic E-state index is 10.9. The summed E-state index contributed by atoms with van der Waals surface area (Å²) >= 11 is 3.25. The van der Waals surface area contributed by atoms with E-state index >= 15 is 0 Å². The zero-order valence-electron chi connectivity index (χ0n) is 6.19. The second-order valence-electron chi connectivity index (χ2n) is 2.90. The van der Waals surface area contributed by atoms with Gasteiger partial charge >= 0.3 is 5.97 Å². The maximum Gasteiger partial charge on any atom is 0.320 e. The number of esters is 1. The van der Waals surface area contributed by atoms with Crippen molar-refractivity contribution in [2.24, 2.45) is 0 Å². The largest absolute Gasteiger partial charge is 0.458 e. The van der Waals surface area contributed by atoms with E-state index in [0.29, 0.717) is 0 Å². The molecule has 0 radical (unpaired) electrons. The number of ether oxygens (including phenoxy) is 1. The molecule has 0 spiro atoms. The number of carbonyl (C=O) groups excluding carboxylic acids is 1. The summed E-state index contributed by atoms with van der Waals surface area (Å²) in [7, 11) is 0. The Hall–Kier alpha value is -0.0500. The van der Waals surface area contributed by atoms with Crippen molar-refractivity contribution in [2.45, 2.75) is 37.1 Å². The lowest BCUT2D eigenvalue weighted by Crippen LogP contribution is -2.21. The fraction of sp³-hybridized carbons (Fsp3) is 0.857. The van der Waals surface area contributed by atoms with Gasteiger partial charge in [0.05, 0.1) is 0 Å². The van der Waals surface area contributed by atoms with E-state index in [2.05, 4.69) is 15.9 Å². The highest BCUT2D eigenvalue weighted by Crippen LogP contribution is 2.32. The molecule has 1 rings (SSSR count). The van der Waals surface area contributed by atoms with Gasteiger partial charge in [-0.1, -0.05) is 22.9 Å². The minimum absolute atomic E-state index is 0.0857. The van der Waals surface area contributed by atoms with Crippen LogP contribution in [0.25, 0.3) is 0 Å². The van der Waals surface area contributed by atoms with Crippen LogP contribution in [0.3, 0.4) is 0 Å². The molecular formula is C7H11BrO2. The quantitative estimate of drug-likeness (QED) is 0.484. The molecule has 1 saturated heterocycles. The van der Waals surface area contributed by atoms with E-state index in [1.54, 1.807) is 0 Å². The van der Waals surface area contributed by atoms with E-state index in [0.717, 1.165) is 12.8 Å². The topological polar surface area (TPSA) is 26.3 Å². The van der Waals surface area contributed by atoms with Crippen LogP contribution in [-0.4, -0.2) is 16.4 Å². The Balaban J connectivity index is 2.64. The molecule has 0 aromatic rings. The van der Waals surface area contributed by atoms with Crippen molar-refractivity contribution in [3.8, 4) is 0 Å². The van der Waals surface area contributed by atoms with Crippen LogP contribution in [0.4, 0.5) is 0 Å². The first-order chi connectivity index (χ1) is 4.57. The number of carbonyl (C=O) groups is 1. The predicted molar refractivity (Wildman–Crippen MR) is 42.1 cm³/mol. The van der Waals surface area contributed by atoms with Gasteiger partial charge in [0, 0.05) is 6.42 Å². The van der Waals surface area contributed by atoms with Crippen molar-refractivity contribution in [2.75, 3.05) is 0 Å². The van der Waals surface area contributed by atoms with Crippen LogP contribution in [0.15, 0.2) is 0 Å². The van der Waals surface area contributed by atoms with E-state index in [1.165, 1.54) is 0 Å². The zero-order valence-corrected chi connectivity index (χ0v) is 7.77. The van der Waals surface area contributed by atoms with Gasteiger partial charge in [0.2, 0.25) is 0 Å². The summed E-state index contributed by atoms with van der Waals surface area (Å²) in [6, 6.07) is 0. The minimum atomic E-state index is -0.217. The van der Waals surface area contributed by atoms with Crippen molar-refractivity contribution in [3.05, 3.63) is 0 Å². The fourth-order valence-electron chi connectivity index (χ4n) is 1.03. The van der Waals surface area contributed by atoms with E-state index in [-0.39, 0.29) is 16.4 Å². The Bertz CT molecular complexity index is 158. The summed E-state index contributed by atoms with van der Waals surface area (Å²) in [4.78, 5) is 10.8. The highest BCUT2D eigenvalue weighted by molar-refractivity contribution is 9.10. The molecule has 2 unspecified atom stereocenters. The Morgan fingerprint density at radius 2 is 2.50 bits per heavy atom. The average Bonchev–Trinajstić information content (AvgIpc) is 2.10. The lowest BCUT2D eigenvalue weighted by Gasteiger charge is -2.19. The van der Waals surface area contributed by atoms with Crippen molar-refractivity contribution >= 4 is 21.9 Å². The second kappa shape index (κ2) is 2.53. The molecule has 0 aromatic carbocycles. The van der Waals surface area contributed by atoms with E-state index in [1.807, 2.05) is 13.8 Å². The molecule has 2 nitrogen and oxygen atoms in total. The molecule has 3 heteroatoms. The van der Waals surface area contributed by atoms with Gasteiger partial charge in [-0.05, 0) is 13.3 Å². The molecular weight excluding hydrogens is 196 g/mol. The molecule has 0 aromatic heterocycles. The predicted octanol–water partition coefficient (Wildman–Crippen LogP) is 1.87. The third kappa shape index (κ3) is 1.34. The highest BCUT2D eigenvalue weighted by atomic mass is 79.9. The van der Waals surface area contributed by atoms with Gasteiger partial charge in [-0.3, -0.25) is 4.79 Å². The third-order valence-electron chi connectivity index (χ3n) is 1.96. The first-order valence-corrected chi connectivity index (χ1v) is 4.36. The summed E-state index contributed by atoms with van der Waals surface area (Å²) in [6.45, 7) is 3.99. The molecule has 0 amide bonds. The third-order valence-corrected chi connectivity index (χ3v) is 2.66. The monoisotopic (exact) mass is 206 g/mol. The molecule has 0 saturated carbocycles. The Kier molecular flexibility index (Phi) is 2.04. The maximum absolute atomic E-state index is 10.9. The molecule has 1 fully saturated rings. The SMILES string of the molecule is CCC1(C)CC(Br)C(=O)O1. The lowest BCUT2D eigenvalue weighted by molar-refractivity contribution is -0.146. The summed E-state index contributed by atoms with van der Waals surface area (Å²) in [6.07, 6.45) is 1.68. The van der Waals surface area contributed by atoms with Gasteiger partial charge in [0.25, 0.3) is 0 Å². The van der Waals surface area contributed by atoms with E-state index < -0.39 is 0 Å². The van der Waals surface area contributed by atoms with Gasteiger partial charge in [-0.25, -0.2) is 0 Å². The second-order valence-corrected chi connectivity index (χ2v) is 4.00. The number of halogens is 1.